The molecular weight excluding hydrogens is 286 g/mol. The van der Waals surface area contributed by atoms with Gasteiger partial charge in [-0.1, -0.05) is 0 Å². The van der Waals surface area contributed by atoms with Crippen LogP contribution in [-0.4, -0.2) is 49.9 Å². The Morgan fingerprint density at radius 3 is 3.05 bits per heavy atom. The van der Waals surface area contributed by atoms with Crippen molar-refractivity contribution in [3.8, 4) is 0 Å². The first-order valence-electron chi connectivity index (χ1n) is 6.27. The molecule has 0 saturated carbocycles. The predicted molar refractivity (Wildman–Crippen MR) is 79.9 cm³/mol. The standard InChI is InChI=1S/C12H21N3O2S.ClH/c1-16-4-5-17-9-10-2-3-15(7-10)8-11-6-14-12(13)18-11;/h6,10H,2-5,7-9H2,1H3,(H2,13,14);1H. The molecule has 1 aliphatic rings. The number of aromatic nitrogens is 1. The number of methoxy groups -OCH3 is 1. The third-order valence-corrected chi connectivity index (χ3v) is 3.92. The first-order valence-corrected chi connectivity index (χ1v) is 7.09. The molecule has 1 saturated heterocycles. The van der Waals surface area contributed by atoms with Crippen LogP contribution in [0.5, 0.6) is 0 Å². The highest BCUT2D eigenvalue weighted by molar-refractivity contribution is 7.15. The average molecular weight is 308 g/mol. The third kappa shape index (κ3) is 5.62. The van der Waals surface area contributed by atoms with Crippen LogP contribution in [0.15, 0.2) is 6.20 Å². The quantitative estimate of drug-likeness (QED) is 0.776. The van der Waals surface area contributed by atoms with Crippen molar-refractivity contribution in [2.75, 3.05) is 45.8 Å². The molecule has 0 bridgehead atoms. The molecule has 1 unspecified atom stereocenters. The monoisotopic (exact) mass is 307 g/mol. The summed E-state index contributed by atoms with van der Waals surface area (Å²) in [5.41, 5.74) is 5.63. The van der Waals surface area contributed by atoms with Crippen LogP contribution in [0.3, 0.4) is 0 Å². The Morgan fingerprint density at radius 1 is 1.53 bits per heavy atom. The fraction of sp³-hybridized carbons (Fsp3) is 0.750. The highest BCUT2D eigenvalue weighted by Gasteiger charge is 2.22. The Balaban J connectivity index is 0.00000180. The zero-order valence-corrected chi connectivity index (χ0v) is 12.8. The SMILES string of the molecule is COCCOCC1CCN(Cc2cnc(N)s2)C1.Cl. The predicted octanol–water partition coefficient (Wildman–Crippen LogP) is 1.63. The molecule has 1 aromatic heterocycles. The van der Waals surface area contributed by atoms with Gasteiger partial charge in [0.2, 0.25) is 0 Å². The molecule has 7 heteroatoms. The van der Waals surface area contributed by atoms with Gasteiger partial charge in [-0.15, -0.1) is 23.7 Å². The number of rotatable bonds is 7. The Labute approximate surface area is 124 Å². The summed E-state index contributed by atoms with van der Waals surface area (Å²) >= 11 is 1.58. The topological polar surface area (TPSA) is 60.6 Å². The van der Waals surface area contributed by atoms with Crippen LogP contribution < -0.4 is 5.73 Å². The summed E-state index contributed by atoms with van der Waals surface area (Å²) in [6, 6.07) is 0. The van der Waals surface area contributed by atoms with Crippen LogP contribution >= 0.6 is 23.7 Å². The molecule has 0 spiro atoms. The van der Waals surface area contributed by atoms with Crippen molar-refractivity contribution in [3.05, 3.63) is 11.1 Å². The van der Waals surface area contributed by atoms with E-state index in [4.69, 9.17) is 15.2 Å². The van der Waals surface area contributed by atoms with Crippen LogP contribution in [0.25, 0.3) is 0 Å². The second kappa shape index (κ2) is 8.71. The first kappa shape index (κ1) is 16.7. The molecule has 2 N–H and O–H groups in total. The molecule has 1 aliphatic heterocycles. The number of likely N-dealkylation sites (tertiary alicyclic amines) is 1. The first-order chi connectivity index (χ1) is 8.78. The molecule has 5 nitrogen and oxygen atoms in total. The lowest BCUT2D eigenvalue weighted by atomic mass is 10.1. The Hall–Kier alpha value is -0.400. The van der Waals surface area contributed by atoms with Crippen molar-refractivity contribution < 1.29 is 9.47 Å². The minimum atomic E-state index is 0. The molecule has 0 aliphatic carbocycles. The van der Waals surface area contributed by atoms with Gasteiger partial charge in [0.25, 0.3) is 0 Å². The molecule has 2 heterocycles. The van der Waals surface area contributed by atoms with Gasteiger partial charge in [0, 0.05) is 31.3 Å². The van der Waals surface area contributed by atoms with Crippen molar-refractivity contribution >= 4 is 28.9 Å². The van der Waals surface area contributed by atoms with Gasteiger partial charge in [-0.25, -0.2) is 4.98 Å². The van der Waals surface area contributed by atoms with Gasteiger partial charge in [0.15, 0.2) is 5.13 Å². The maximum atomic E-state index is 5.63. The molecule has 2 rings (SSSR count). The van der Waals surface area contributed by atoms with Gasteiger partial charge in [-0.2, -0.15) is 0 Å². The van der Waals surface area contributed by atoms with E-state index >= 15 is 0 Å². The van der Waals surface area contributed by atoms with Gasteiger partial charge < -0.3 is 15.2 Å². The number of thiazole rings is 1. The van der Waals surface area contributed by atoms with Crippen LogP contribution in [0.4, 0.5) is 5.13 Å². The Morgan fingerprint density at radius 2 is 2.37 bits per heavy atom. The second-order valence-corrected chi connectivity index (χ2v) is 5.77. The molecule has 0 amide bonds. The lowest BCUT2D eigenvalue weighted by molar-refractivity contribution is 0.0526. The summed E-state index contributed by atoms with van der Waals surface area (Å²) in [7, 11) is 1.70. The van der Waals surface area contributed by atoms with E-state index in [2.05, 4.69) is 9.88 Å². The number of nitrogens with zero attached hydrogens (tertiary/aromatic N) is 2. The van der Waals surface area contributed by atoms with E-state index < -0.39 is 0 Å². The highest BCUT2D eigenvalue weighted by Crippen LogP contribution is 2.22. The normalized spacial score (nSPS) is 19.5. The number of hydrogen-bond donors (Lipinski definition) is 1. The fourth-order valence-corrected chi connectivity index (χ4v) is 2.93. The molecule has 0 radical (unpaired) electrons. The largest absolute Gasteiger partial charge is 0.382 e. The molecule has 110 valence electrons. The summed E-state index contributed by atoms with van der Waals surface area (Å²) in [5.74, 6) is 0.645. The van der Waals surface area contributed by atoms with E-state index in [0.717, 1.165) is 26.2 Å². The van der Waals surface area contributed by atoms with Gasteiger partial charge >= 0.3 is 0 Å². The highest BCUT2D eigenvalue weighted by atomic mass is 35.5. The number of nitrogen functional groups attached to an aromatic ring is 1. The zero-order chi connectivity index (χ0) is 12.8. The molecular formula is C12H22ClN3O2S. The summed E-state index contributed by atoms with van der Waals surface area (Å²) in [6.07, 6.45) is 3.09. The Kier molecular flexibility index (Phi) is 7.63. The maximum absolute atomic E-state index is 5.63. The smallest absolute Gasteiger partial charge is 0.180 e. The third-order valence-electron chi connectivity index (χ3n) is 3.11. The lowest BCUT2D eigenvalue weighted by Gasteiger charge is -2.14. The molecule has 1 aromatic rings. The number of halogens is 1. The van der Waals surface area contributed by atoms with Crippen LogP contribution in [0.2, 0.25) is 0 Å². The van der Waals surface area contributed by atoms with Crippen molar-refractivity contribution in [2.45, 2.75) is 13.0 Å². The number of anilines is 1. The van der Waals surface area contributed by atoms with Gasteiger partial charge in [-0.05, 0) is 18.9 Å². The maximum Gasteiger partial charge on any atom is 0.180 e. The van der Waals surface area contributed by atoms with Gasteiger partial charge in [0.1, 0.15) is 0 Å². The van der Waals surface area contributed by atoms with E-state index in [1.807, 2.05) is 6.20 Å². The number of ether oxygens (including phenoxy) is 2. The van der Waals surface area contributed by atoms with Gasteiger partial charge in [0.05, 0.1) is 19.8 Å². The summed E-state index contributed by atoms with van der Waals surface area (Å²) in [4.78, 5) is 7.76. The summed E-state index contributed by atoms with van der Waals surface area (Å²) in [5, 5.41) is 0.656. The minimum absolute atomic E-state index is 0. The van der Waals surface area contributed by atoms with Crippen molar-refractivity contribution in [1.82, 2.24) is 9.88 Å². The summed E-state index contributed by atoms with van der Waals surface area (Å²) < 4.78 is 10.5. The molecule has 19 heavy (non-hydrogen) atoms. The van der Waals surface area contributed by atoms with E-state index in [0.29, 0.717) is 24.3 Å². The van der Waals surface area contributed by atoms with Crippen LogP contribution in [0.1, 0.15) is 11.3 Å². The van der Waals surface area contributed by atoms with Crippen molar-refractivity contribution in [3.63, 3.8) is 0 Å². The van der Waals surface area contributed by atoms with E-state index in [1.54, 1.807) is 18.4 Å². The average Bonchev–Trinajstić information content (AvgIpc) is 2.95. The van der Waals surface area contributed by atoms with Crippen molar-refractivity contribution in [2.24, 2.45) is 5.92 Å². The second-order valence-electron chi connectivity index (χ2n) is 4.62. The molecule has 1 fully saturated rings. The van der Waals surface area contributed by atoms with E-state index in [1.165, 1.54) is 11.3 Å². The van der Waals surface area contributed by atoms with Crippen molar-refractivity contribution in [1.29, 1.82) is 0 Å². The Bertz CT molecular complexity index is 364. The molecule has 0 aromatic carbocycles. The number of nitrogens with two attached hydrogens (primary N) is 1. The zero-order valence-electron chi connectivity index (χ0n) is 11.2. The molecule has 1 atom stereocenters. The van der Waals surface area contributed by atoms with E-state index in [9.17, 15) is 0 Å². The van der Waals surface area contributed by atoms with Crippen LogP contribution in [-0.2, 0) is 16.0 Å². The lowest BCUT2D eigenvalue weighted by Crippen LogP contribution is -2.21. The van der Waals surface area contributed by atoms with E-state index in [-0.39, 0.29) is 12.4 Å². The number of hydrogen-bond acceptors (Lipinski definition) is 6. The minimum Gasteiger partial charge on any atom is -0.382 e. The van der Waals surface area contributed by atoms with Gasteiger partial charge in [-0.3, -0.25) is 4.90 Å². The fourth-order valence-electron chi connectivity index (χ4n) is 2.20. The summed E-state index contributed by atoms with van der Waals surface area (Å²) in [6.45, 7) is 5.41. The van der Waals surface area contributed by atoms with Crippen LogP contribution in [0, 0.1) is 5.92 Å².